The molecule has 2 heterocycles. The van der Waals surface area contributed by atoms with Crippen LogP contribution in [0.25, 0.3) is 0 Å². The molecule has 1 aliphatic heterocycles. The number of nitrogens with zero attached hydrogens (tertiary/aromatic N) is 2. The van der Waals surface area contributed by atoms with Crippen LogP contribution in [0.2, 0.25) is 5.02 Å². The molecule has 78 valence electrons. The Balaban J connectivity index is 2.22. The fourth-order valence-electron chi connectivity index (χ4n) is 1.47. The molecule has 0 spiro atoms. The molecule has 1 aromatic heterocycles. The number of pyridine rings is 1. The molecule has 1 aromatic rings. The maximum atomic E-state index is 8.70. The summed E-state index contributed by atoms with van der Waals surface area (Å²) < 4.78 is 5.32. The maximum absolute atomic E-state index is 8.70. The van der Waals surface area contributed by atoms with Gasteiger partial charge in [-0.15, -0.1) is 0 Å². The average Bonchev–Trinajstić information content (AvgIpc) is 2.30. The number of halogens is 1. The first-order chi connectivity index (χ1) is 7.31. The van der Waals surface area contributed by atoms with Gasteiger partial charge in [0.25, 0.3) is 0 Å². The van der Waals surface area contributed by atoms with Gasteiger partial charge in [0, 0.05) is 12.7 Å². The second kappa shape index (κ2) is 4.58. The van der Waals surface area contributed by atoms with Crippen LogP contribution in [0, 0.1) is 11.3 Å². The van der Waals surface area contributed by atoms with Crippen LogP contribution >= 0.6 is 11.6 Å². The molecule has 2 rings (SSSR count). The zero-order valence-electron chi connectivity index (χ0n) is 8.03. The number of rotatable bonds is 1. The molecular weight excluding hydrogens is 214 g/mol. The highest BCUT2D eigenvalue weighted by Gasteiger charge is 2.17. The van der Waals surface area contributed by atoms with E-state index in [1.807, 2.05) is 6.07 Å². The van der Waals surface area contributed by atoms with E-state index in [0.717, 1.165) is 18.8 Å². The summed E-state index contributed by atoms with van der Waals surface area (Å²) in [6, 6.07) is 3.77. The van der Waals surface area contributed by atoms with Crippen molar-refractivity contribution in [3.05, 3.63) is 28.5 Å². The Labute approximate surface area is 92.8 Å². The van der Waals surface area contributed by atoms with Crippen molar-refractivity contribution < 1.29 is 4.74 Å². The van der Waals surface area contributed by atoms with Crippen molar-refractivity contribution in [2.75, 3.05) is 19.8 Å². The molecule has 1 aliphatic rings. The molecule has 1 fully saturated rings. The van der Waals surface area contributed by atoms with Gasteiger partial charge in [-0.1, -0.05) is 11.6 Å². The zero-order chi connectivity index (χ0) is 10.7. The fraction of sp³-hybridized carbons (Fsp3) is 0.400. The van der Waals surface area contributed by atoms with Crippen LogP contribution in [0.4, 0.5) is 0 Å². The van der Waals surface area contributed by atoms with E-state index in [9.17, 15) is 0 Å². The summed E-state index contributed by atoms with van der Waals surface area (Å²) in [6.07, 6.45) is 1.49. The van der Waals surface area contributed by atoms with Crippen LogP contribution in [0.3, 0.4) is 0 Å². The molecule has 0 aliphatic carbocycles. The quantitative estimate of drug-likeness (QED) is 0.779. The summed E-state index contributed by atoms with van der Waals surface area (Å²) in [7, 11) is 0. The van der Waals surface area contributed by atoms with Crippen LogP contribution in [-0.2, 0) is 4.74 Å². The number of hydrogen-bond donors (Lipinski definition) is 1. The van der Waals surface area contributed by atoms with Crippen molar-refractivity contribution in [3.8, 4) is 6.07 Å². The average molecular weight is 224 g/mol. The fourth-order valence-corrected chi connectivity index (χ4v) is 1.68. The molecule has 15 heavy (non-hydrogen) atoms. The number of hydrogen-bond acceptors (Lipinski definition) is 4. The number of aromatic nitrogens is 1. The highest BCUT2D eigenvalue weighted by Crippen LogP contribution is 2.20. The van der Waals surface area contributed by atoms with Gasteiger partial charge >= 0.3 is 0 Å². The Bertz CT molecular complexity index is 396. The van der Waals surface area contributed by atoms with Gasteiger partial charge in [0.15, 0.2) is 0 Å². The van der Waals surface area contributed by atoms with E-state index in [1.165, 1.54) is 6.20 Å². The van der Waals surface area contributed by atoms with Crippen molar-refractivity contribution in [2.45, 2.75) is 6.04 Å². The smallest absolute Gasteiger partial charge is 0.102 e. The van der Waals surface area contributed by atoms with Crippen LogP contribution in [-0.4, -0.2) is 24.7 Å². The van der Waals surface area contributed by atoms with Gasteiger partial charge in [-0.25, -0.2) is 0 Å². The predicted octanol–water partition coefficient (Wildman–Crippen LogP) is 1.27. The first-order valence-electron chi connectivity index (χ1n) is 4.68. The molecular formula is C10H10ClN3O. The standard InChI is InChI=1S/C10H10ClN3O/c11-8-3-9(14-5-7(8)4-12)10-6-15-2-1-13-10/h3,5,10,13H,1-2,6H2. The molecule has 0 aromatic carbocycles. The van der Waals surface area contributed by atoms with E-state index in [2.05, 4.69) is 10.3 Å². The number of nitriles is 1. The van der Waals surface area contributed by atoms with E-state index in [1.54, 1.807) is 6.07 Å². The van der Waals surface area contributed by atoms with Gasteiger partial charge in [0.2, 0.25) is 0 Å². The lowest BCUT2D eigenvalue weighted by molar-refractivity contribution is 0.0756. The van der Waals surface area contributed by atoms with E-state index < -0.39 is 0 Å². The summed E-state index contributed by atoms with van der Waals surface area (Å²) in [6.45, 7) is 2.12. The minimum Gasteiger partial charge on any atom is -0.378 e. The number of nitrogens with one attached hydrogen (secondary N) is 1. The summed E-state index contributed by atoms with van der Waals surface area (Å²) in [5.41, 5.74) is 1.22. The third kappa shape index (κ3) is 2.26. The minimum absolute atomic E-state index is 0.0731. The van der Waals surface area contributed by atoms with Crippen LogP contribution in [0.1, 0.15) is 17.3 Å². The molecule has 1 atom stereocenters. The molecule has 0 bridgehead atoms. The zero-order valence-corrected chi connectivity index (χ0v) is 8.79. The Morgan fingerprint density at radius 1 is 1.67 bits per heavy atom. The summed E-state index contributed by atoms with van der Waals surface area (Å²) in [5.74, 6) is 0. The predicted molar refractivity (Wildman–Crippen MR) is 55.5 cm³/mol. The summed E-state index contributed by atoms with van der Waals surface area (Å²) in [5, 5.41) is 12.4. The molecule has 4 nitrogen and oxygen atoms in total. The maximum Gasteiger partial charge on any atom is 0.102 e. The van der Waals surface area contributed by atoms with Gasteiger partial charge in [-0.3, -0.25) is 4.98 Å². The molecule has 1 unspecified atom stereocenters. The molecule has 1 N–H and O–H groups in total. The third-order valence-corrected chi connectivity index (χ3v) is 2.59. The third-order valence-electron chi connectivity index (χ3n) is 2.27. The van der Waals surface area contributed by atoms with Crippen molar-refractivity contribution in [3.63, 3.8) is 0 Å². The van der Waals surface area contributed by atoms with Gasteiger partial charge < -0.3 is 10.1 Å². The molecule has 0 amide bonds. The van der Waals surface area contributed by atoms with Crippen LogP contribution in [0.5, 0.6) is 0 Å². The van der Waals surface area contributed by atoms with Crippen LogP contribution in [0.15, 0.2) is 12.3 Å². The Morgan fingerprint density at radius 2 is 2.53 bits per heavy atom. The van der Waals surface area contributed by atoms with E-state index in [0.29, 0.717) is 17.2 Å². The first kappa shape index (κ1) is 10.4. The topological polar surface area (TPSA) is 57.9 Å². The molecule has 0 radical (unpaired) electrons. The van der Waals surface area contributed by atoms with Gasteiger partial charge in [0.1, 0.15) is 6.07 Å². The lowest BCUT2D eigenvalue weighted by Gasteiger charge is -2.23. The molecule has 1 saturated heterocycles. The Morgan fingerprint density at radius 3 is 3.13 bits per heavy atom. The number of ether oxygens (including phenoxy) is 1. The van der Waals surface area contributed by atoms with E-state index >= 15 is 0 Å². The first-order valence-corrected chi connectivity index (χ1v) is 5.05. The summed E-state index contributed by atoms with van der Waals surface area (Å²) in [4.78, 5) is 4.18. The SMILES string of the molecule is N#Cc1cnc(C2COCCN2)cc1Cl. The minimum atomic E-state index is 0.0731. The number of morpholine rings is 1. The van der Waals surface area contributed by atoms with Crippen molar-refractivity contribution in [2.24, 2.45) is 0 Å². The normalized spacial score (nSPS) is 20.9. The second-order valence-electron chi connectivity index (χ2n) is 3.28. The van der Waals surface area contributed by atoms with Gasteiger partial charge in [0.05, 0.1) is 35.5 Å². The Hall–Kier alpha value is -1.15. The second-order valence-corrected chi connectivity index (χ2v) is 3.69. The lowest BCUT2D eigenvalue weighted by atomic mass is 10.1. The monoisotopic (exact) mass is 223 g/mol. The molecule has 0 saturated carbocycles. The summed E-state index contributed by atoms with van der Waals surface area (Å²) >= 11 is 5.92. The highest BCUT2D eigenvalue weighted by molar-refractivity contribution is 6.31. The van der Waals surface area contributed by atoms with Crippen molar-refractivity contribution >= 4 is 11.6 Å². The van der Waals surface area contributed by atoms with E-state index in [4.69, 9.17) is 21.6 Å². The Kier molecular flexibility index (Phi) is 3.17. The van der Waals surface area contributed by atoms with Crippen molar-refractivity contribution in [1.29, 1.82) is 5.26 Å². The van der Waals surface area contributed by atoms with Crippen molar-refractivity contribution in [1.82, 2.24) is 10.3 Å². The van der Waals surface area contributed by atoms with Crippen LogP contribution < -0.4 is 5.32 Å². The highest BCUT2D eigenvalue weighted by atomic mass is 35.5. The largest absolute Gasteiger partial charge is 0.378 e. The van der Waals surface area contributed by atoms with E-state index in [-0.39, 0.29) is 6.04 Å². The lowest BCUT2D eigenvalue weighted by Crippen LogP contribution is -2.35. The van der Waals surface area contributed by atoms with Gasteiger partial charge in [-0.05, 0) is 6.07 Å². The molecule has 5 heteroatoms. The van der Waals surface area contributed by atoms with Gasteiger partial charge in [-0.2, -0.15) is 5.26 Å².